The van der Waals surface area contributed by atoms with Gasteiger partial charge in [-0.3, -0.25) is 4.79 Å². The van der Waals surface area contributed by atoms with Gasteiger partial charge in [-0.15, -0.1) is 0 Å². The van der Waals surface area contributed by atoms with Gasteiger partial charge in [-0.1, -0.05) is 37.3 Å². The molecular formula is C18H28N2O3S. The molecule has 0 saturated carbocycles. The van der Waals surface area contributed by atoms with Crippen molar-refractivity contribution in [1.29, 1.82) is 0 Å². The molecule has 0 aromatic heterocycles. The molecule has 1 saturated heterocycles. The Morgan fingerprint density at radius 2 is 1.79 bits per heavy atom. The van der Waals surface area contributed by atoms with Crippen molar-refractivity contribution in [3.63, 3.8) is 0 Å². The van der Waals surface area contributed by atoms with Crippen LogP contribution in [0.1, 0.15) is 45.6 Å². The first-order chi connectivity index (χ1) is 11.4. The van der Waals surface area contributed by atoms with Crippen molar-refractivity contribution in [3.8, 4) is 0 Å². The summed E-state index contributed by atoms with van der Waals surface area (Å²) in [5.74, 6) is 0.112. The number of hydrogen-bond donors (Lipinski definition) is 1. The van der Waals surface area contributed by atoms with Crippen molar-refractivity contribution in [3.05, 3.63) is 35.9 Å². The first-order valence-corrected chi connectivity index (χ1v) is 10.3. The molecule has 24 heavy (non-hydrogen) atoms. The lowest BCUT2D eigenvalue weighted by molar-refractivity contribution is -0.129. The lowest BCUT2D eigenvalue weighted by atomic mass is 9.72. The van der Waals surface area contributed by atoms with Crippen molar-refractivity contribution in [2.45, 2.75) is 51.5 Å². The zero-order valence-electron chi connectivity index (χ0n) is 14.8. The first-order valence-electron chi connectivity index (χ1n) is 8.70. The van der Waals surface area contributed by atoms with E-state index >= 15 is 0 Å². The zero-order valence-corrected chi connectivity index (χ0v) is 15.6. The van der Waals surface area contributed by atoms with Crippen LogP contribution in [0, 0.1) is 0 Å². The number of carbonyl (C=O) groups excluding carboxylic acids is 1. The number of rotatable bonds is 6. The van der Waals surface area contributed by atoms with Crippen LogP contribution in [0.15, 0.2) is 30.3 Å². The Kier molecular flexibility index (Phi) is 6.04. The maximum atomic E-state index is 13.0. The van der Waals surface area contributed by atoms with Crippen molar-refractivity contribution in [1.82, 2.24) is 9.62 Å². The number of piperidine rings is 1. The highest BCUT2D eigenvalue weighted by atomic mass is 32.2. The number of nitrogens with zero attached hydrogens (tertiary/aromatic N) is 1. The zero-order chi connectivity index (χ0) is 17.8. The van der Waals surface area contributed by atoms with E-state index in [-0.39, 0.29) is 17.7 Å². The first kappa shape index (κ1) is 18.9. The molecule has 5 nitrogen and oxygen atoms in total. The van der Waals surface area contributed by atoms with Crippen LogP contribution in [0.2, 0.25) is 0 Å². The van der Waals surface area contributed by atoms with Gasteiger partial charge in [0, 0.05) is 19.1 Å². The monoisotopic (exact) mass is 352 g/mol. The van der Waals surface area contributed by atoms with E-state index in [1.165, 1.54) is 4.31 Å². The Morgan fingerprint density at radius 3 is 2.29 bits per heavy atom. The summed E-state index contributed by atoms with van der Waals surface area (Å²) in [6, 6.07) is 9.85. The van der Waals surface area contributed by atoms with Crippen molar-refractivity contribution >= 4 is 15.9 Å². The van der Waals surface area contributed by atoms with E-state index in [4.69, 9.17) is 0 Å². The molecule has 1 fully saturated rings. The predicted octanol–water partition coefficient (Wildman–Crippen LogP) is 2.28. The van der Waals surface area contributed by atoms with Crippen molar-refractivity contribution < 1.29 is 13.2 Å². The van der Waals surface area contributed by atoms with Crippen LogP contribution in [-0.4, -0.2) is 43.5 Å². The highest BCUT2D eigenvalue weighted by molar-refractivity contribution is 7.89. The molecule has 1 aromatic rings. The normalized spacial score (nSPS) is 19.6. The van der Waals surface area contributed by atoms with Crippen LogP contribution in [-0.2, 0) is 20.2 Å². The van der Waals surface area contributed by atoms with Gasteiger partial charge in [-0.2, -0.15) is 0 Å². The molecule has 1 heterocycles. The standard InChI is InChI=1S/C18H28N2O3S/c1-4-15(3)19-17(21)18(16-9-7-6-8-10-16)11-13-20(14-12-18)24(22,23)5-2/h6-10,15H,4-5,11-14H2,1-3H3,(H,19,21). The van der Waals surface area contributed by atoms with E-state index in [0.717, 1.165) is 12.0 Å². The van der Waals surface area contributed by atoms with Gasteiger partial charge < -0.3 is 5.32 Å². The average Bonchev–Trinajstić information content (AvgIpc) is 2.62. The van der Waals surface area contributed by atoms with Crippen molar-refractivity contribution in [2.75, 3.05) is 18.8 Å². The van der Waals surface area contributed by atoms with Crippen LogP contribution in [0.4, 0.5) is 0 Å². The second-order valence-electron chi connectivity index (χ2n) is 6.53. The Balaban J connectivity index is 2.29. The molecule has 1 aliphatic heterocycles. The number of nitrogens with one attached hydrogen (secondary N) is 1. The smallest absolute Gasteiger partial charge is 0.230 e. The molecule has 1 aliphatic rings. The summed E-state index contributed by atoms with van der Waals surface area (Å²) in [5, 5.41) is 3.10. The van der Waals surface area contributed by atoms with Gasteiger partial charge in [-0.05, 0) is 38.7 Å². The molecule has 0 aliphatic carbocycles. The second-order valence-corrected chi connectivity index (χ2v) is 8.79. The van der Waals surface area contributed by atoms with Gasteiger partial charge in [0.05, 0.1) is 11.2 Å². The van der Waals surface area contributed by atoms with E-state index in [1.54, 1.807) is 6.92 Å². The lowest BCUT2D eigenvalue weighted by Crippen LogP contribution is -2.54. The third kappa shape index (κ3) is 3.81. The number of benzene rings is 1. The maximum Gasteiger partial charge on any atom is 0.230 e. The minimum absolute atomic E-state index is 0.0107. The molecular weight excluding hydrogens is 324 g/mol. The predicted molar refractivity (Wildman–Crippen MR) is 96.3 cm³/mol. The van der Waals surface area contributed by atoms with Crippen LogP contribution in [0.3, 0.4) is 0 Å². The minimum atomic E-state index is -3.21. The van der Waals surface area contributed by atoms with E-state index in [1.807, 2.05) is 44.2 Å². The summed E-state index contributed by atoms with van der Waals surface area (Å²) < 4.78 is 25.8. The Morgan fingerprint density at radius 1 is 1.21 bits per heavy atom. The van der Waals surface area contributed by atoms with Crippen LogP contribution in [0.5, 0.6) is 0 Å². The summed E-state index contributed by atoms with van der Waals surface area (Å²) in [6.45, 7) is 6.46. The highest BCUT2D eigenvalue weighted by Crippen LogP contribution is 2.36. The number of carbonyl (C=O) groups is 1. The second kappa shape index (κ2) is 7.66. The number of hydrogen-bond acceptors (Lipinski definition) is 3. The average molecular weight is 353 g/mol. The van der Waals surface area contributed by atoms with Gasteiger partial charge in [0.15, 0.2) is 0 Å². The van der Waals surface area contributed by atoms with Crippen LogP contribution in [0.25, 0.3) is 0 Å². The summed E-state index contributed by atoms with van der Waals surface area (Å²) in [4.78, 5) is 13.0. The van der Waals surface area contributed by atoms with Gasteiger partial charge in [-0.25, -0.2) is 12.7 Å². The number of amides is 1. The molecule has 1 amide bonds. The minimum Gasteiger partial charge on any atom is -0.353 e. The molecule has 1 N–H and O–H groups in total. The van der Waals surface area contributed by atoms with Crippen LogP contribution >= 0.6 is 0 Å². The van der Waals surface area contributed by atoms with E-state index in [9.17, 15) is 13.2 Å². The molecule has 1 atom stereocenters. The molecule has 0 radical (unpaired) electrons. The summed E-state index contributed by atoms with van der Waals surface area (Å²) in [5.41, 5.74) is 0.323. The highest BCUT2D eigenvalue weighted by Gasteiger charge is 2.44. The SMILES string of the molecule is CCC(C)NC(=O)C1(c2ccccc2)CCN(S(=O)(=O)CC)CC1. The Hall–Kier alpha value is -1.40. The van der Waals surface area contributed by atoms with Gasteiger partial charge in [0.2, 0.25) is 15.9 Å². The quantitative estimate of drug-likeness (QED) is 0.854. The van der Waals surface area contributed by atoms with Crippen LogP contribution < -0.4 is 5.32 Å². The largest absolute Gasteiger partial charge is 0.353 e. The molecule has 134 valence electrons. The van der Waals surface area contributed by atoms with E-state index in [0.29, 0.717) is 25.9 Å². The molecule has 6 heteroatoms. The number of sulfonamides is 1. The van der Waals surface area contributed by atoms with Crippen molar-refractivity contribution in [2.24, 2.45) is 0 Å². The van der Waals surface area contributed by atoms with E-state index < -0.39 is 15.4 Å². The fraction of sp³-hybridized carbons (Fsp3) is 0.611. The Labute approximate surface area is 145 Å². The van der Waals surface area contributed by atoms with Gasteiger partial charge in [0.25, 0.3) is 0 Å². The Bertz CT molecular complexity index is 650. The van der Waals surface area contributed by atoms with Gasteiger partial charge in [0.1, 0.15) is 0 Å². The van der Waals surface area contributed by atoms with Gasteiger partial charge >= 0.3 is 0 Å². The van der Waals surface area contributed by atoms with E-state index in [2.05, 4.69) is 5.32 Å². The molecule has 1 unspecified atom stereocenters. The third-order valence-corrected chi connectivity index (χ3v) is 6.97. The summed E-state index contributed by atoms with van der Waals surface area (Å²) in [7, 11) is -3.21. The lowest BCUT2D eigenvalue weighted by Gasteiger charge is -2.41. The molecule has 2 rings (SSSR count). The molecule has 0 spiro atoms. The fourth-order valence-electron chi connectivity index (χ4n) is 3.20. The topological polar surface area (TPSA) is 66.5 Å². The molecule has 1 aromatic carbocycles. The fourth-order valence-corrected chi connectivity index (χ4v) is 4.30. The third-order valence-electron chi connectivity index (χ3n) is 5.09. The summed E-state index contributed by atoms with van der Waals surface area (Å²) in [6.07, 6.45) is 1.89. The molecule has 0 bridgehead atoms. The maximum absolute atomic E-state index is 13.0. The summed E-state index contributed by atoms with van der Waals surface area (Å²) >= 11 is 0.